The fraction of sp³-hybridized carbons (Fsp3) is 0.474. The highest BCUT2D eigenvalue weighted by Gasteiger charge is 2.17. The number of amides is 1. The summed E-state index contributed by atoms with van der Waals surface area (Å²) in [5, 5.41) is 2.77. The number of quaternary nitrogens is 1. The third kappa shape index (κ3) is 5.28. The zero-order chi connectivity index (χ0) is 18.2. The van der Waals surface area contributed by atoms with Crippen LogP contribution < -0.4 is 14.5 Å². The van der Waals surface area contributed by atoms with Gasteiger partial charge >= 0.3 is 0 Å². The molecule has 1 N–H and O–H groups in total. The molecular formula is C19H28N3O2S+. The molecule has 0 unspecified atom stereocenters. The minimum Gasteiger partial charge on any atom is -0.497 e. The molecule has 1 amide bonds. The van der Waals surface area contributed by atoms with E-state index in [-0.39, 0.29) is 5.91 Å². The second-order valence-electron chi connectivity index (χ2n) is 5.98. The maximum Gasteiger partial charge on any atom is 0.225 e. The molecule has 0 radical (unpaired) electrons. The smallest absolute Gasteiger partial charge is 0.225 e. The number of carbonyl (C=O) groups excluding carboxylic acids is 1. The SMILES string of the molecule is CC[NH+](CC)CCCN(C(C)=O)c1nc(-c2ccc(OC)cc2)cs1. The Morgan fingerprint density at radius 1 is 1.24 bits per heavy atom. The van der Waals surface area contributed by atoms with Crippen LogP contribution in [0.25, 0.3) is 11.3 Å². The van der Waals surface area contributed by atoms with Gasteiger partial charge in [0.2, 0.25) is 5.91 Å². The number of rotatable bonds is 9. The van der Waals surface area contributed by atoms with Gasteiger partial charge in [0.15, 0.2) is 5.13 Å². The molecule has 0 saturated heterocycles. The number of nitrogens with zero attached hydrogens (tertiary/aromatic N) is 2. The fourth-order valence-electron chi connectivity index (χ4n) is 2.76. The van der Waals surface area contributed by atoms with E-state index in [2.05, 4.69) is 18.8 Å². The Morgan fingerprint density at radius 2 is 1.92 bits per heavy atom. The highest BCUT2D eigenvalue weighted by atomic mass is 32.1. The van der Waals surface area contributed by atoms with E-state index in [1.54, 1.807) is 23.8 Å². The maximum absolute atomic E-state index is 12.1. The first kappa shape index (κ1) is 19.4. The molecule has 0 bridgehead atoms. The van der Waals surface area contributed by atoms with Gasteiger partial charge in [-0.25, -0.2) is 4.98 Å². The second kappa shape index (κ2) is 9.53. The maximum atomic E-state index is 12.1. The normalized spacial score (nSPS) is 10.9. The highest BCUT2D eigenvalue weighted by Crippen LogP contribution is 2.28. The van der Waals surface area contributed by atoms with Crippen molar-refractivity contribution in [2.24, 2.45) is 0 Å². The van der Waals surface area contributed by atoms with Crippen LogP contribution in [0.3, 0.4) is 0 Å². The Kier molecular flexibility index (Phi) is 7.40. The predicted octanol–water partition coefficient (Wildman–Crippen LogP) is 2.49. The molecule has 0 saturated carbocycles. The zero-order valence-electron chi connectivity index (χ0n) is 15.5. The monoisotopic (exact) mass is 362 g/mol. The minimum absolute atomic E-state index is 0.0465. The molecule has 0 aliphatic carbocycles. The largest absolute Gasteiger partial charge is 0.497 e. The molecule has 5 nitrogen and oxygen atoms in total. The number of hydrogen-bond donors (Lipinski definition) is 1. The fourth-order valence-corrected chi connectivity index (χ4v) is 3.67. The van der Waals surface area contributed by atoms with Crippen LogP contribution in [0.2, 0.25) is 0 Å². The van der Waals surface area contributed by atoms with E-state index in [1.807, 2.05) is 29.6 Å². The first-order chi connectivity index (χ1) is 12.1. The van der Waals surface area contributed by atoms with E-state index >= 15 is 0 Å². The summed E-state index contributed by atoms with van der Waals surface area (Å²) in [5.74, 6) is 0.869. The van der Waals surface area contributed by atoms with Crippen LogP contribution in [-0.2, 0) is 4.79 Å². The minimum atomic E-state index is 0.0465. The molecular weight excluding hydrogens is 334 g/mol. The van der Waals surface area contributed by atoms with Crippen molar-refractivity contribution in [2.45, 2.75) is 27.2 Å². The molecule has 2 rings (SSSR count). The average Bonchev–Trinajstić information content (AvgIpc) is 3.11. The van der Waals surface area contributed by atoms with Gasteiger partial charge in [-0.2, -0.15) is 0 Å². The molecule has 2 aromatic rings. The third-order valence-electron chi connectivity index (χ3n) is 4.40. The average molecular weight is 363 g/mol. The van der Waals surface area contributed by atoms with Crippen LogP contribution in [0.5, 0.6) is 5.75 Å². The number of ether oxygens (including phenoxy) is 1. The summed E-state index contributed by atoms with van der Waals surface area (Å²) in [7, 11) is 1.65. The van der Waals surface area contributed by atoms with Crippen LogP contribution in [0, 0.1) is 0 Å². The van der Waals surface area contributed by atoms with Gasteiger partial charge in [0.05, 0.1) is 32.4 Å². The van der Waals surface area contributed by atoms with Gasteiger partial charge in [0, 0.05) is 30.8 Å². The summed E-state index contributed by atoms with van der Waals surface area (Å²) < 4.78 is 5.19. The summed E-state index contributed by atoms with van der Waals surface area (Å²) in [6, 6.07) is 7.81. The molecule has 1 heterocycles. The Labute approximate surface area is 154 Å². The van der Waals surface area contributed by atoms with E-state index in [4.69, 9.17) is 4.74 Å². The van der Waals surface area contributed by atoms with Gasteiger partial charge in [-0.05, 0) is 38.1 Å². The first-order valence-electron chi connectivity index (χ1n) is 8.80. The molecule has 0 fully saturated rings. The van der Waals surface area contributed by atoms with Crippen molar-refractivity contribution in [1.29, 1.82) is 0 Å². The molecule has 0 atom stereocenters. The topological polar surface area (TPSA) is 46.9 Å². The highest BCUT2D eigenvalue weighted by molar-refractivity contribution is 7.14. The lowest BCUT2D eigenvalue weighted by atomic mass is 10.2. The van der Waals surface area contributed by atoms with E-state index in [1.165, 1.54) is 11.3 Å². The van der Waals surface area contributed by atoms with Gasteiger partial charge in [-0.1, -0.05) is 0 Å². The second-order valence-corrected chi connectivity index (χ2v) is 6.81. The number of aromatic nitrogens is 1. The Morgan fingerprint density at radius 3 is 2.48 bits per heavy atom. The number of nitrogens with one attached hydrogen (secondary N) is 1. The number of thiazole rings is 1. The van der Waals surface area contributed by atoms with E-state index < -0.39 is 0 Å². The Balaban J connectivity index is 2.06. The standard InChI is InChI=1S/C19H27N3O2S/c1-5-21(6-2)12-7-13-22(15(3)23)19-20-18(14-25-19)16-8-10-17(24-4)11-9-16/h8-11,14H,5-7,12-13H2,1-4H3/p+1. The van der Waals surface area contributed by atoms with E-state index in [0.29, 0.717) is 6.54 Å². The first-order valence-corrected chi connectivity index (χ1v) is 9.68. The summed E-state index contributed by atoms with van der Waals surface area (Å²) in [4.78, 5) is 20.1. The lowest BCUT2D eigenvalue weighted by molar-refractivity contribution is -0.896. The summed E-state index contributed by atoms with van der Waals surface area (Å²) >= 11 is 1.52. The van der Waals surface area contributed by atoms with Crippen molar-refractivity contribution >= 4 is 22.4 Å². The van der Waals surface area contributed by atoms with Crippen molar-refractivity contribution in [1.82, 2.24) is 4.98 Å². The van der Waals surface area contributed by atoms with Crippen molar-refractivity contribution in [2.75, 3.05) is 38.2 Å². The lowest BCUT2D eigenvalue weighted by Gasteiger charge is -2.20. The molecule has 0 aliphatic rings. The number of hydrogen-bond acceptors (Lipinski definition) is 4. The Bertz CT molecular complexity index is 666. The summed E-state index contributed by atoms with van der Waals surface area (Å²) in [6.07, 6.45) is 0.980. The van der Waals surface area contributed by atoms with Gasteiger partial charge in [0.25, 0.3) is 0 Å². The van der Waals surface area contributed by atoms with E-state index in [0.717, 1.165) is 48.2 Å². The number of benzene rings is 1. The van der Waals surface area contributed by atoms with Gasteiger partial charge in [-0.3, -0.25) is 9.69 Å². The molecule has 136 valence electrons. The van der Waals surface area contributed by atoms with Crippen LogP contribution >= 0.6 is 11.3 Å². The number of anilines is 1. The predicted molar refractivity (Wildman–Crippen MR) is 104 cm³/mol. The summed E-state index contributed by atoms with van der Waals surface area (Å²) in [6.45, 7) is 10.0. The van der Waals surface area contributed by atoms with Crippen LogP contribution in [0.1, 0.15) is 27.2 Å². The van der Waals surface area contributed by atoms with Crippen LogP contribution in [0.15, 0.2) is 29.6 Å². The molecule has 0 aliphatic heterocycles. The molecule has 1 aromatic heterocycles. The van der Waals surface area contributed by atoms with Crippen molar-refractivity contribution < 1.29 is 14.4 Å². The molecule has 6 heteroatoms. The van der Waals surface area contributed by atoms with Gasteiger partial charge in [-0.15, -0.1) is 11.3 Å². The summed E-state index contributed by atoms with van der Waals surface area (Å²) in [5.41, 5.74) is 1.92. The lowest BCUT2D eigenvalue weighted by Crippen LogP contribution is -3.11. The Hall–Kier alpha value is -1.92. The molecule has 1 aromatic carbocycles. The van der Waals surface area contributed by atoms with Crippen molar-refractivity contribution in [3.8, 4) is 17.0 Å². The molecule has 25 heavy (non-hydrogen) atoms. The zero-order valence-corrected chi connectivity index (χ0v) is 16.4. The van der Waals surface area contributed by atoms with Gasteiger partial charge < -0.3 is 9.64 Å². The van der Waals surface area contributed by atoms with Gasteiger partial charge in [0.1, 0.15) is 5.75 Å². The quantitative estimate of drug-likeness (QED) is 0.745. The van der Waals surface area contributed by atoms with E-state index in [9.17, 15) is 4.79 Å². The van der Waals surface area contributed by atoms with Crippen molar-refractivity contribution in [3.05, 3.63) is 29.6 Å². The molecule has 0 spiro atoms. The third-order valence-corrected chi connectivity index (χ3v) is 5.26. The van der Waals surface area contributed by atoms with Crippen LogP contribution in [-0.4, -0.2) is 44.2 Å². The number of methoxy groups -OCH3 is 1. The van der Waals surface area contributed by atoms with Crippen molar-refractivity contribution in [3.63, 3.8) is 0 Å². The van der Waals surface area contributed by atoms with Crippen LogP contribution in [0.4, 0.5) is 5.13 Å². The number of carbonyl (C=O) groups is 1.